The van der Waals surface area contributed by atoms with E-state index in [1.807, 2.05) is 0 Å². The van der Waals surface area contributed by atoms with Gasteiger partial charge in [0.1, 0.15) is 0 Å². The van der Waals surface area contributed by atoms with Crippen LogP contribution in [0.3, 0.4) is 0 Å². The summed E-state index contributed by atoms with van der Waals surface area (Å²) in [6, 6.07) is 0. The molecule has 0 fully saturated rings. The van der Waals surface area contributed by atoms with Gasteiger partial charge in [-0.3, -0.25) is 5.43 Å². The maximum absolute atomic E-state index is 5.01. The zero-order chi connectivity index (χ0) is 6.41. The van der Waals surface area contributed by atoms with Crippen molar-refractivity contribution in [2.45, 2.75) is 0 Å². The van der Waals surface area contributed by atoms with Crippen molar-refractivity contribution in [1.29, 1.82) is 0 Å². The van der Waals surface area contributed by atoms with Gasteiger partial charge >= 0.3 is 0 Å². The summed E-state index contributed by atoms with van der Waals surface area (Å²) >= 11 is 4.43. The summed E-state index contributed by atoms with van der Waals surface area (Å²) in [6.07, 6.45) is 2.98. The highest BCUT2D eigenvalue weighted by Gasteiger charge is 1.73. The van der Waals surface area contributed by atoms with Crippen molar-refractivity contribution < 1.29 is 0 Å². The van der Waals surface area contributed by atoms with Crippen LogP contribution in [0.15, 0.2) is 17.8 Å². The Balaban J connectivity index is 3.29. The minimum atomic E-state index is 0.156. The highest BCUT2D eigenvalue weighted by molar-refractivity contribution is 7.80. The Bertz CT molecular complexity index is 118. The molecule has 0 aliphatic heterocycles. The second kappa shape index (κ2) is 4.26. The van der Waals surface area contributed by atoms with E-state index in [0.717, 1.165) is 0 Å². The van der Waals surface area contributed by atoms with Gasteiger partial charge in [-0.2, -0.15) is 5.10 Å². The number of hydrogen-bond acceptors (Lipinski definition) is 2. The third kappa shape index (κ3) is 5.10. The summed E-state index contributed by atoms with van der Waals surface area (Å²) in [5.41, 5.74) is 7.36. The van der Waals surface area contributed by atoms with Crippen molar-refractivity contribution in [3.05, 3.63) is 12.7 Å². The molecular formula is C4H7N3S. The lowest BCUT2D eigenvalue weighted by molar-refractivity contribution is 1.04. The molecule has 8 heavy (non-hydrogen) atoms. The van der Waals surface area contributed by atoms with Gasteiger partial charge in [-0.25, -0.2) is 0 Å². The maximum Gasteiger partial charge on any atom is 0.184 e. The van der Waals surface area contributed by atoms with Crippen molar-refractivity contribution in [2.24, 2.45) is 10.8 Å². The Hall–Kier alpha value is -0.900. The molecule has 0 saturated heterocycles. The summed E-state index contributed by atoms with van der Waals surface area (Å²) in [6.45, 7) is 3.38. The van der Waals surface area contributed by atoms with Gasteiger partial charge in [0.05, 0.1) is 0 Å². The number of hydrazone groups is 1. The number of nitrogens with two attached hydrogens (primary N) is 1. The largest absolute Gasteiger partial charge is 0.375 e. The van der Waals surface area contributed by atoms with Crippen LogP contribution < -0.4 is 11.2 Å². The topological polar surface area (TPSA) is 50.4 Å². The number of nitrogens with zero attached hydrogens (tertiary/aromatic N) is 1. The second-order valence-corrected chi connectivity index (χ2v) is 1.43. The molecule has 0 heterocycles. The molecule has 0 radical (unpaired) electrons. The Morgan fingerprint density at radius 1 is 1.88 bits per heavy atom. The van der Waals surface area contributed by atoms with Crippen molar-refractivity contribution >= 4 is 23.5 Å². The van der Waals surface area contributed by atoms with Gasteiger partial charge < -0.3 is 5.73 Å². The number of thiocarbonyl (C=S) groups is 1. The SMILES string of the molecule is C=C/C=N\NC(N)=S. The molecular weight excluding hydrogens is 122 g/mol. The van der Waals surface area contributed by atoms with E-state index in [1.54, 1.807) is 0 Å². The standard InChI is InChI=1S/C4H7N3S/c1-2-3-6-7-4(5)8/h2-3H,1H2,(H3,5,7,8)/b6-3-. The van der Waals surface area contributed by atoms with Crippen LogP contribution in [-0.2, 0) is 0 Å². The smallest absolute Gasteiger partial charge is 0.184 e. The molecule has 0 unspecified atom stereocenters. The van der Waals surface area contributed by atoms with E-state index in [4.69, 9.17) is 5.73 Å². The van der Waals surface area contributed by atoms with Crippen molar-refractivity contribution in [1.82, 2.24) is 5.43 Å². The molecule has 0 aromatic heterocycles. The Morgan fingerprint density at radius 2 is 2.50 bits per heavy atom. The van der Waals surface area contributed by atoms with Crippen molar-refractivity contribution in [3.8, 4) is 0 Å². The number of nitrogens with one attached hydrogen (secondary N) is 1. The first-order valence-electron chi connectivity index (χ1n) is 1.97. The molecule has 0 atom stereocenters. The van der Waals surface area contributed by atoms with Crippen LogP contribution in [0, 0.1) is 0 Å². The van der Waals surface area contributed by atoms with Gasteiger partial charge in [0.2, 0.25) is 0 Å². The van der Waals surface area contributed by atoms with Gasteiger partial charge in [0.25, 0.3) is 0 Å². The molecule has 0 aromatic rings. The minimum absolute atomic E-state index is 0.156. The molecule has 0 amide bonds. The fourth-order valence-corrected chi connectivity index (χ4v) is 0.206. The molecule has 3 nitrogen and oxygen atoms in total. The lowest BCUT2D eigenvalue weighted by Crippen LogP contribution is -2.23. The van der Waals surface area contributed by atoms with E-state index in [9.17, 15) is 0 Å². The van der Waals surface area contributed by atoms with E-state index >= 15 is 0 Å². The van der Waals surface area contributed by atoms with Crippen molar-refractivity contribution in [2.75, 3.05) is 0 Å². The Morgan fingerprint density at radius 3 is 2.88 bits per heavy atom. The van der Waals surface area contributed by atoms with Gasteiger partial charge in [0.15, 0.2) is 5.11 Å². The van der Waals surface area contributed by atoms with Crippen LogP contribution in [0.5, 0.6) is 0 Å². The molecule has 0 bridgehead atoms. The van der Waals surface area contributed by atoms with Crippen LogP contribution in [0.2, 0.25) is 0 Å². The second-order valence-electron chi connectivity index (χ2n) is 0.990. The summed E-state index contributed by atoms with van der Waals surface area (Å²) < 4.78 is 0. The van der Waals surface area contributed by atoms with Crippen LogP contribution in [0.25, 0.3) is 0 Å². The van der Waals surface area contributed by atoms with Gasteiger partial charge in [0, 0.05) is 6.21 Å². The molecule has 44 valence electrons. The summed E-state index contributed by atoms with van der Waals surface area (Å²) in [4.78, 5) is 0. The normalized spacial score (nSPS) is 9.00. The maximum atomic E-state index is 5.01. The van der Waals surface area contributed by atoms with Crippen LogP contribution >= 0.6 is 12.2 Å². The fourth-order valence-electron chi connectivity index (χ4n) is 0.154. The fraction of sp³-hybridized carbons (Fsp3) is 0. The Labute approximate surface area is 53.3 Å². The summed E-state index contributed by atoms with van der Waals surface area (Å²) in [5, 5.41) is 3.69. The first-order chi connectivity index (χ1) is 3.77. The van der Waals surface area contributed by atoms with Crippen LogP contribution in [0.4, 0.5) is 0 Å². The Kier molecular flexibility index (Phi) is 3.78. The first kappa shape index (κ1) is 7.10. The molecule has 0 spiro atoms. The molecule has 0 aliphatic carbocycles. The summed E-state index contributed by atoms with van der Waals surface area (Å²) in [7, 11) is 0. The quantitative estimate of drug-likeness (QED) is 0.313. The molecule has 0 aromatic carbocycles. The van der Waals surface area contributed by atoms with E-state index in [-0.39, 0.29) is 5.11 Å². The molecule has 4 heteroatoms. The van der Waals surface area contributed by atoms with E-state index in [0.29, 0.717) is 0 Å². The predicted molar refractivity (Wildman–Crippen MR) is 38.6 cm³/mol. The van der Waals surface area contributed by atoms with Crippen LogP contribution in [-0.4, -0.2) is 11.3 Å². The van der Waals surface area contributed by atoms with E-state index < -0.39 is 0 Å². The average Bonchev–Trinajstić information content (AvgIpc) is 1.66. The van der Waals surface area contributed by atoms with Crippen molar-refractivity contribution in [3.63, 3.8) is 0 Å². The molecule has 0 saturated carbocycles. The van der Waals surface area contributed by atoms with Crippen LogP contribution in [0.1, 0.15) is 0 Å². The molecule has 3 N–H and O–H groups in total. The van der Waals surface area contributed by atoms with Gasteiger partial charge in [-0.15, -0.1) is 0 Å². The first-order valence-corrected chi connectivity index (χ1v) is 2.37. The predicted octanol–water partition coefficient (Wildman–Crippen LogP) is -0.00860. The third-order valence-electron chi connectivity index (χ3n) is 0.355. The minimum Gasteiger partial charge on any atom is -0.375 e. The zero-order valence-electron chi connectivity index (χ0n) is 4.29. The molecule has 0 rings (SSSR count). The van der Waals surface area contributed by atoms with E-state index in [1.165, 1.54) is 12.3 Å². The third-order valence-corrected chi connectivity index (χ3v) is 0.446. The monoisotopic (exact) mass is 129 g/mol. The number of hydrogen-bond donors (Lipinski definition) is 2. The van der Waals surface area contributed by atoms with Gasteiger partial charge in [-0.1, -0.05) is 6.58 Å². The van der Waals surface area contributed by atoms with E-state index in [2.05, 4.69) is 29.3 Å². The zero-order valence-corrected chi connectivity index (χ0v) is 5.11. The lowest BCUT2D eigenvalue weighted by Gasteiger charge is -1.89. The highest BCUT2D eigenvalue weighted by atomic mass is 32.1. The number of rotatable bonds is 2. The van der Waals surface area contributed by atoms with Gasteiger partial charge in [-0.05, 0) is 18.3 Å². The number of allylic oxidation sites excluding steroid dienone is 1. The lowest BCUT2D eigenvalue weighted by atomic mass is 10.7. The summed E-state index contributed by atoms with van der Waals surface area (Å²) in [5.74, 6) is 0. The molecule has 0 aliphatic rings. The highest BCUT2D eigenvalue weighted by Crippen LogP contribution is 1.58. The average molecular weight is 129 g/mol.